The predicted octanol–water partition coefficient (Wildman–Crippen LogP) is 5.67. The van der Waals surface area contributed by atoms with Crippen LogP contribution in [0.5, 0.6) is 11.5 Å². The minimum absolute atomic E-state index is 0.439. The summed E-state index contributed by atoms with van der Waals surface area (Å²) in [5.74, 6) is 3.18. The van der Waals surface area contributed by atoms with E-state index < -0.39 is 0 Å². The van der Waals surface area contributed by atoms with E-state index in [1.54, 1.807) is 0 Å². The second-order valence-electron chi connectivity index (χ2n) is 6.84. The average molecular weight is 397 g/mol. The molecule has 0 aliphatic rings. The predicted molar refractivity (Wildman–Crippen MR) is 122 cm³/mol. The van der Waals surface area contributed by atoms with E-state index in [1.807, 2.05) is 104 Å². The molecule has 0 radical (unpaired) electrons. The number of hydrogen-bond donors (Lipinski definition) is 2. The minimum atomic E-state index is 0.439. The lowest BCUT2D eigenvalue weighted by molar-refractivity contribution is 0.483. The van der Waals surface area contributed by atoms with Gasteiger partial charge in [-0.25, -0.2) is 0 Å². The lowest BCUT2D eigenvalue weighted by Gasteiger charge is -2.20. The number of aromatic nitrogens is 2. The molecule has 3 N–H and O–H groups in total. The summed E-state index contributed by atoms with van der Waals surface area (Å²) in [6, 6.07) is 27.3. The Morgan fingerprint density at radius 1 is 0.800 bits per heavy atom. The van der Waals surface area contributed by atoms with Crippen LogP contribution in [0.25, 0.3) is 0 Å². The van der Waals surface area contributed by atoms with Gasteiger partial charge in [0, 0.05) is 24.0 Å². The third kappa shape index (κ3) is 4.33. The number of ether oxygens (including phenoxy) is 1. The molecular weight excluding hydrogens is 374 g/mol. The summed E-state index contributed by atoms with van der Waals surface area (Å²) in [6.45, 7) is 1.90. The number of nitrogens with zero attached hydrogens (tertiary/aromatic N) is 3. The Morgan fingerprint density at radius 3 is 2.07 bits per heavy atom. The fourth-order valence-electron chi connectivity index (χ4n) is 2.93. The quantitative estimate of drug-likeness (QED) is 0.436. The number of rotatable bonds is 6. The molecule has 0 unspecified atom stereocenters. The van der Waals surface area contributed by atoms with Gasteiger partial charge in [-0.1, -0.05) is 36.4 Å². The third-order valence-corrected chi connectivity index (χ3v) is 4.71. The van der Waals surface area contributed by atoms with E-state index in [0.29, 0.717) is 17.6 Å². The molecule has 0 fully saturated rings. The Labute approximate surface area is 176 Å². The van der Waals surface area contributed by atoms with Gasteiger partial charge in [-0.3, -0.25) is 0 Å². The summed E-state index contributed by atoms with van der Waals surface area (Å²) in [6.07, 6.45) is 0. The number of nitrogen functional groups attached to an aromatic ring is 1. The molecule has 0 saturated carbocycles. The van der Waals surface area contributed by atoms with Crippen LogP contribution in [0.4, 0.5) is 29.0 Å². The first kappa shape index (κ1) is 19.3. The van der Waals surface area contributed by atoms with Gasteiger partial charge in [0.05, 0.1) is 0 Å². The van der Waals surface area contributed by atoms with Gasteiger partial charge in [0.15, 0.2) is 0 Å². The molecule has 0 bridgehead atoms. The zero-order valence-corrected chi connectivity index (χ0v) is 16.9. The number of hydrogen-bond acceptors (Lipinski definition) is 6. The Morgan fingerprint density at radius 2 is 1.40 bits per heavy atom. The first-order valence-electron chi connectivity index (χ1n) is 9.63. The molecular formula is C24H23N5O. The highest BCUT2D eigenvalue weighted by Gasteiger charge is 2.13. The monoisotopic (exact) mass is 397 g/mol. The summed E-state index contributed by atoms with van der Waals surface area (Å²) in [4.78, 5) is 11.0. The maximum Gasteiger partial charge on any atom is 0.233 e. The van der Waals surface area contributed by atoms with Crippen LogP contribution >= 0.6 is 0 Å². The molecule has 0 atom stereocenters. The first-order valence-corrected chi connectivity index (χ1v) is 9.63. The van der Waals surface area contributed by atoms with Gasteiger partial charge in [-0.15, -0.1) is 0 Å². The zero-order valence-electron chi connectivity index (χ0n) is 16.9. The van der Waals surface area contributed by atoms with Crippen LogP contribution in [0.1, 0.15) is 5.56 Å². The molecule has 0 aliphatic heterocycles. The van der Waals surface area contributed by atoms with E-state index >= 15 is 0 Å². The van der Waals surface area contributed by atoms with Crippen LogP contribution in [0.15, 0.2) is 84.9 Å². The van der Waals surface area contributed by atoms with Crippen molar-refractivity contribution in [3.63, 3.8) is 0 Å². The van der Waals surface area contributed by atoms with Crippen LogP contribution in [0.2, 0.25) is 0 Å². The number of nitrogens with two attached hydrogens (primary N) is 1. The summed E-state index contributed by atoms with van der Waals surface area (Å²) in [5.41, 5.74) is 8.82. The van der Waals surface area contributed by atoms with Crippen molar-refractivity contribution >= 4 is 29.0 Å². The molecule has 1 aromatic heterocycles. The summed E-state index contributed by atoms with van der Waals surface area (Å²) in [5, 5.41) is 3.34. The topological polar surface area (TPSA) is 76.3 Å². The van der Waals surface area contributed by atoms with Gasteiger partial charge in [0.1, 0.15) is 23.1 Å². The second kappa shape index (κ2) is 8.53. The van der Waals surface area contributed by atoms with Gasteiger partial charge in [-0.2, -0.15) is 9.97 Å². The van der Waals surface area contributed by atoms with Crippen molar-refractivity contribution in [2.75, 3.05) is 23.0 Å². The molecule has 30 heavy (non-hydrogen) atoms. The Balaban J connectivity index is 1.54. The molecule has 0 spiro atoms. The van der Waals surface area contributed by atoms with Crippen molar-refractivity contribution in [1.82, 2.24) is 9.97 Å². The lowest BCUT2D eigenvalue weighted by Crippen LogP contribution is -2.15. The van der Waals surface area contributed by atoms with Crippen LogP contribution < -0.4 is 20.7 Å². The molecule has 4 aromatic rings. The molecule has 0 aliphatic carbocycles. The first-order chi connectivity index (χ1) is 14.6. The number of nitrogens with one attached hydrogen (secondary N) is 1. The maximum atomic E-state index is 6.16. The summed E-state index contributed by atoms with van der Waals surface area (Å²) >= 11 is 0. The van der Waals surface area contributed by atoms with Gasteiger partial charge in [-0.05, 0) is 55.5 Å². The number of para-hydroxylation sites is 2. The van der Waals surface area contributed by atoms with Crippen molar-refractivity contribution in [1.29, 1.82) is 0 Å². The molecule has 4 rings (SSSR count). The van der Waals surface area contributed by atoms with E-state index in [2.05, 4.69) is 15.3 Å². The molecule has 6 nitrogen and oxygen atoms in total. The third-order valence-electron chi connectivity index (χ3n) is 4.71. The highest BCUT2D eigenvalue weighted by molar-refractivity contribution is 5.68. The molecule has 0 amide bonds. The second-order valence-corrected chi connectivity index (χ2v) is 6.84. The largest absolute Gasteiger partial charge is 0.457 e. The van der Waals surface area contributed by atoms with E-state index in [4.69, 9.17) is 10.5 Å². The Bertz CT molecular complexity index is 1120. The van der Waals surface area contributed by atoms with Gasteiger partial charge >= 0.3 is 0 Å². The number of anilines is 5. The van der Waals surface area contributed by atoms with E-state index in [9.17, 15) is 0 Å². The zero-order chi connectivity index (χ0) is 20.9. The van der Waals surface area contributed by atoms with Gasteiger partial charge in [0.25, 0.3) is 0 Å². The van der Waals surface area contributed by atoms with Gasteiger partial charge < -0.3 is 20.7 Å². The van der Waals surface area contributed by atoms with E-state index in [0.717, 1.165) is 28.4 Å². The summed E-state index contributed by atoms with van der Waals surface area (Å²) in [7, 11) is 1.92. The van der Waals surface area contributed by atoms with Crippen LogP contribution in [-0.4, -0.2) is 17.0 Å². The smallest absolute Gasteiger partial charge is 0.233 e. The summed E-state index contributed by atoms with van der Waals surface area (Å²) < 4.78 is 5.85. The SMILES string of the molecule is Cc1c(N)nc(N(C)c2ccccc2)nc1Nc1ccc(Oc2ccccc2)cc1. The number of benzene rings is 3. The van der Waals surface area contributed by atoms with Crippen molar-refractivity contribution in [2.45, 2.75) is 6.92 Å². The normalized spacial score (nSPS) is 10.5. The highest BCUT2D eigenvalue weighted by Crippen LogP contribution is 2.29. The van der Waals surface area contributed by atoms with Crippen molar-refractivity contribution < 1.29 is 4.74 Å². The molecule has 1 heterocycles. The van der Waals surface area contributed by atoms with E-state index in [-0.39, 0.29) is 0 Å². The standard InChI is InChI=1S/C24H23N5O/c1-17-22(25)27-24(29(2)19-9-5-3-6-10-19)28-23(17)26-18-13-15-21(16-14-18)30-20-11-7-4-8-12-20/h3-16H,1-2H3,(H3,25,26,27,28). The highest BCUT2D eigenvalue weighted by atomic mass is 16.5. The fourth-order valence-corrected chi connectivity index (χ4v) is 2.93. The molecule has 6 heteroatoms. The minimum Gasteiger partial charge on any atom is -0.457 e. The van der Waals surface area contributed by atoms with E-state index in [1.165, 1.54) is 0 Å². The Kier molecular flexibility index (Phi) is 5.48. The molecule has 150 valence electrons. The van der Waals surface area contributed by atoms with Crippen molar-refractivity contribution in [2.24, 2.45) is 0 Å². The molecule has 3 aromatic carbocycles. The molecule has 0 saturated heterocycles. The van der Waals surface area contributed by atoms with Crippen molar-refractivity contribution in [3.05, 3.63) is 90.5 Å². The van der Waals surface area contributed by atoms with Crippen LogP contribution in [-0.2, 0) is 0 Å². The maximum absolute atomic E-state index is 6.16. The average Bonchev–Trinajstić information content (AvgIpc) is 2.79. The van der Waals surface area contributed by atoms with Crippen LogP contribution in [0, 0.1) is 6.92 Å². The van der Waals surface area contributed by atoms with Crippen molar-refractivity contribution in [3.8, 4) is 11.5 Å². The van der Waals surface area contributed by atoms with Gasteiger partial charge in [0.2, 0.25) is 5.95 Å². The van der Waals surface area contributed by atoms with Crippen LogP contribution in [0.3, 0.4) is 0 Å². The Hall–Kier alpha value is -4.06. The fraction of sp³-hybridized carbons (Fsp3) is 0.0833. The lowest BCUT2D eigenvalue weighted by atomic mass is 10.2.